The van der Waals surface area contributed by atoms with Gasteiger partial charge in [0.05, 0.1) is 12.3 Å². The van der Waals surface area contributed by atoms with Gasteiger partial charge in [0.1, 0.15) is 11.6 Å². The van der Waals surface area contributed by atoms with Crippen molar-refractivity contribution in [3.8, 4) is 0 Å². The van der Waals surface area contributed by atoms with E-state index >= 15 is 0 Å². The molecule has 0 aliphatic heterocycles. The second kappa shape index (κ2) is 6.20. The number of halogens is 2. The van der Waals surface area contributed by atoms with E-state index in [1.165, 1.54) is 11.8 Å². The molecule has 1 amide bonds. The van der Waals surface area contributed by atoms with Crippen LogP contribution in [0.1, 0.15) is 25.3 Å². The van der Waals surface area contributed by atoms with E-state index in [4.69, 9.17) is 5.11 Å². The average Bonchev–Trinajstić information content (AvgIpc) is 3.24. The van der Waals surface area contributed by atoms with Gasteiger partial charge in [-0.25, -0.2) is 8.78 Å². The zero-order valence-corrected chi connectivity index (χ0v) is 11.7. The molecule has 0 bridgehead atoms. The van der Waals surface area contributed by atoms with Crippen LogP contribution in [0.2, 0.25) is 0 Å². The van der Waals surface area contributed by atoms with Crippen LogP contribution < -0.4 is 0 Å². The molecule has 1 N–H and O–H groups in total. The first-order valence-corrected chi connectivity index (χ1v) is 6.84. The third-order valence-corrected chi connectivity index (χ3v) is 3.55. The minimum Gasteiger partial charge on any atom is -0.481 e. The van der Waals surface area contributed by atoms with Crippen molar-refractivity contribution in [2.75, 3.05) is 6.54 Å². The number of hydrogen-bond donors (Lipinski definition) is 1. The number of carbonyl (C=O) groups excluding carboxylic acids is 1. The molecule has 0 aromatic heterocycles. The molecule has 1 aliphatic carbocycles. The summed E-state index contributed by atoms with van der Waals surface area (Å²) in [5.41, 5.74) is -0.00590. The number of hydrogen-bond acceptors (Lipinski definition) is 2. The number of aliphatic carboxylic acids is 1. The quantitative estimate of drug-likeness (QED) is 0.876. The van der Waals surface area contributed by atoms with Crippen LogP contribution in [0.3, 0.4) is 0 Å². The molecule has 1 saturated carbocycles. The molecule has 1 atom stereocenters. The summed E-state index contributed by atoms with van der Waals surface area (Å²) in [6.45, 7) is 1.61. The summed E-state index contributed by atoms with van der Waals surface area (Å²) in [5.74, 6) is -3.27. The Kier molecular flexibility index (Phi) is 4.55. The van der Waals surface area contributed by atoms with E-state index in [0.717, 1.165) is 31.0 Å². The monoisotopic (exact) mass is 297 g/mol. The normalized spacial score (nSPS) is 15.6. The topological polar surface area (TPSA) is 57.6 Å². The molecule has 1 aliphatic rings. The molecule has 0 radical (unpaired) electrons. The third kappa shape index (κ3) is 4.00. The molecule has 0 heterocycles. The van der Waals surface area contributed by atoms with Crippen LogP contribution in [0.4, 0.5) is 8.78 Å². The highest BCUT2D eigenvalue weighted by molar-refractivity contribution is 5.80. The first-order valence-electron chi connectivity index (χ1n) is 6.84. The molecule has 2 rings (SSSR count). The van der Waals surface area contributed by atoms with Gasteiger partial charge < -0.3 is 10.0 Å². The third-order valence-electron chi connectivity index (χ3n) is 3.55. The molecule has 0 saturated heterocycles. The predicted octanol–water partition coefficient (Wildman–Crippen LogP) is 2.22. The van der Waals surface area contributed by atoms with Crippen molar-refractivity contribution in [3.63, 3.8) is 0 Å². The van der Waals surface area contributed by atoms with Crippen LogP contribution in [0, 0.1) is 17.6 Å². The maximum Gasteiger partial charge on any atom is 0.308 e. The lowest BCUT2D eigenvalue weighted by atomic mass is 10.1. The molecule has 21 heavy (non-hydrogen) atoms. The Morgan fingerprint density at radius 2 is 2.05 bits per heavy atom. The smallest absolute Gasteiger partial charge is 0.308 e. The van der Waals surface area contributed by atoms with Crippen molar-refractivity contribution < 1.29 is 23.5 Å². The largest absolute Gasteiger partial charge is 0.481 e. The average molecular weight is 297 g/mol. The van der Waals surface area contributed by atoms with E-state index in [1.807, 2.05) is 0 Å². The Morgan fingerprint density at radius 3 is 2.62 bits per heavy atom. The van der Waals surface area contributed by atoms with E-state index in [-0.39, 0.29) is 30.5 Å². The molecule has 1 unspecified atom stereocenters. The van der Waals surface area contributed by atoms with Crippen LogP contribution in [0.15, 0.2) is 18.2 Å². The summed E-state index contributed by atoms with van der Waals surface area (Å²) in [4.78, 5) is 24.6. The van der Waals surface area contributed by atoms with Crippen molar-refractivity contribution in [3.05, 3.63) is 35.4 Å². The highest BCUT2D eigenvalue weighted by Gasteiger charge is 2.34. The van der Waals surface area contributed by atoms with Gasteiger partial charge in [-0.2, -0.15) is 0 Å². The highest BCUT2D eigenvalue weighted by Crippen LogP contribution is 2.28. The van der Waals surface area contributed by atoms with E-state index in [9.17, 15) is 18.4 Å². The van der Waals surface area contributed by atoms with Gasteiger partial charge in [-0.15, -0.1) is 0 Å². The highest BCUT2D eigenvalue weighted by atomic mass is 19.1. The number of carboxylic acid groups (broad SMARTS) is 1. The summed E-state index contributed by atoms with van der Waals surface area (Å²) in [6.07, 6.45) is 1.39. The SMILES string of the molecule is CC(CN(C(=O)Cc1cc(F)ccc1F)C1CC1)C(=O)O. The van der Waals surface area contributed by atoms with Crippen LogP contribution in [0.5, 0.6) is 0 Å². The van der Waals surface area contributed by atoms with Crippen molar-refractivity contribution in [1.29, 1.82) is 0 Å². The van der Waals surface area contributed by atoms with Crippen molar-refractivity contribution in [2.45, 2.75) is 32.2 Å². The number of benzene rings is 1. The standard InChI is InChI=1S/C15H17F2NO3/c1-9(15(20)21)8-18(12-3-4-12)14(19)7-10-6-11(16)2-5-13(10)17/h2,5-6,9,12H,3-4,7-8H2,1H3,(H,20,21). The van der Waals surface area contributed by atoms with Crippen LogP contribution in [-0.2, 0) is 16.0 Å². The lowest BCUT2D eigenvalue weighted by molar-refractivity contribution is -0.143. The predicted molar refractivity (Wildman–Crippen MR) is 71.6 cm³/mol. The Labute approximate surface area is 121 Å². The minimum atomic E-state index is -0.981. The summed E-state index contributed by atoms with van der Waals surface area (Å²) < 4.78 is 26.7. The summed E-state index contributed by atoms with van der Waals surface area (Å²) in [7, 11) is 0. The molecule has 0 spiro atoms. The van der Waals surface area contributed by atoms with Crippen molar-refractivity contribution in [2.24, 2.45) is 5.92 Å². The Morgan fingerprint density at radius 1 is 1.38 bits per heavy atom. The first-order chi connectivity index (χ1) is 9.88. The van der Waals surface area contributed by atoms with Gasteiger partial charge in [0.15, 0.2) is 0 Å². The molecular weight excluding hydrogens is 280 g/mol. The van der Waals surface area contributed by atoms with Gasteiger partial charge in [0.2, 0.25) is 5.91 Å². The fourth-order valence-corrected chi connectivity index (χ4v) is 2.16. The number of carbonyl (C=O) groups is 2. The van der Waals surface area contributed by atoms with Crippen molar-refractivity contribution >= 4 is 11.9 Å². The number of nitrogens with zero attached hydrogens (tertiary/aromatic N) is 1. The van der Waals surface area contributed by atoms with Gasteiger partial charge in [-0.1, -0.05) is 6.92 Å². The number of amides is 1. The molecule has 4 nitrogen and oxygen atoms in total. The van der Waals surface area contributed by atoms with E-state index in [1.54, 1.807) is 0 Å². The molecule has 1 aromatic rings. The molecular formula is C15H17F2NO3. The zero-order chi connectivity index (χ0) is 15.6. The fourth-order valence-electron chi connectivity index (χ4n) is 2.16. The van der Waals surface area contributed by atoms with Crippen LogP contribution in [-0.4, -0.2) is 34.5 Å². The molecule has 1 aromatic carbocycles. The fraction of sp³-hybridized carbons (Fsp3) is 0.467. The maximum absolute atomic E-state index is 13.6. The van der Waals surface area contributed by atoms with Gasteiger partial charge in [-0.05, 0) is 31.0 Å². The molecule has 6 heteroatoms. The Hall–Kier alpha value is -1.98. The zero-order valence-electron chi connectivity index (χ0n) is 11.7. The van der Waals surface area contributed by atoms with Gasteiger partial charge >= 0.3 is 5.97 Å². The van der Waals surface area contributed by atoms with Gasteiger partial charge in [0.25, 0.3) is 0 Å². The lowest BCUT2D eigenvalue weighted by Crippen LogP contribution is -2.39. The second-order valence-corrected chi connectivity index (χ2v) is 5.43. The molecule has 114 valence electrons. The first kappa shape index (κ1) is 15.4. The van der Waals surface area contributed by atoms with Gasteiger partial charge in [-0.3, -0.25) is 9.59 Å². The van der Waals surface area contributed by atoms with Crippen molar-refractivity contribution in [1.82, 2.24) is 4.90 Å². The van der Waals surface area contributed by atoms with Gasteiger partial charge in [0, 0.05) is 18.2 Å². The number of carboxylic acids is 1. The minimum absolute atomic E-state index is 0.00590. The van der Waals surface area contributed by atoms with E-state index in [0.29, 0.717) is 0 Å². The molecule has 1 fully saturated rings. The number of rotatable bonds is 6. The summed E-state index contributed by atoms with van der Waals surface area (Å²) in [6, 6.07) is 3.00. The Bertz CT molecular complexity index is 558. The van der Waals surface area contributed by atoms with E-state index < -0.39 is 23.5 Å². The summed E-state index contributed by atoms with van der Waals surface area (Å²) >= 11 is 0. The van der Waals surface area contributed by atoms with Crippen LogP contribution >= 0.6 is 0 Å². The maximum atomic E-state index is 13.6. The van der Waals surface area contributed by atoms with E-state index in [2.05, 4.69) is 0 Å². The second-order valence-electron chi connectivity index (χ2n) is 5.43. The van der Waals surface area contributed by atoms with Crippen LogP contribution in [0.25, 0.3) is 0 Å². The summed E-state index contributed by atoms with van der Waals surface area (Å²) in [5, 5.41) is 8.94. The lowest BCUT2D eigenvalue weighted by Gasteiger charge is -2.24. The Balaban J connectivity index is 2.08.